The van der Waals surface area contributed by atoms with Crippen molar-refractivity contribution in [3.63, 3.8) is 0 Å². The second kappa shape index (κ2) is 3.90. The van der Waals surface area contributed by atoms with E-state index in [2.05, 4.69) is 0 Å². The van der Waals surface area contributed by atoms with Gasteiger partial charge in [0.05, 0.1) is 0 Å². The van der Waals surface area contributed by atoms with Crippen molar-refractivity contribution in [2.45, 2.75) is 12.8 Å². The minimum atomic E-state index is -0.952. The fourth-order valence-electron chi connectivity index (χ4n) is 1.09. The van der Waals surface area contributed by atoms with Crippen molar-refractivity contribution >= 4 is 11.8 Å². The van der Waals surface area contributed by atoms with E-state index in [1.54, 1.807) is 0 Å². The van der Waals surface area contributed by atoms with Crippen LogP contribution in [0.4, 0.5) is 0 Å². The number of rotatable bonds is 2. The lowest BCUT2D eigenvalue weighted by Crippen LogP contribution is -2.29. The first-order chi connectivity index (χ1) is 5.68. The second-order valence-corrected chi connectivity index (χ2v) is 2.73. The summed E-state index contributed by atoms with van der Waals surface area (Å²) in [5.41, 5.74) is 0. The third-order valence-corrected chi connectivity index (χ3v) is 1.78. The molecule has 0 spiro atoms. The van der Waals surface area contributed by atoms with Gasteiger partial charge >= 0.3 is 5.97 Å². The van der Waals surface area contributed by atoms with E-state index in [1.807, 2.05) is 4.90 Å². The van der Waals surface area contributed by atoms with Gasteiger partial charge in [-0.05, 0) is 0 Å². The predicted molar refractivity (Wildman–Crippen MR) is 42.6 cm³/mol. The van der Waals surface area contributed by atoms with Crippen molar-refractivity contribution in [3.05, 3.63) is 12.3 Å². The van der Waals surface area contributed by atoms with E-state index in [0.717, 1.165) is 6.08 Å². The topological polar surface area (TPSA) is 57.6 Å². The first-order valence-corrected chi connectivity index (χ1v) is 3.85. The highest BCUT2D eigenvalue weighted by Crippen LogP contribution is 2.05. The Morgan fingerprint density at radius 1 is 1.42 bits per heavy atom. The van der Waals surface area contributed by atoms with Crippen LogP contribution in [-0.2, 0) is 9.59 Å². The first-order valence-electron chi connectivity index (χ1n) is 3.85. The molecule has 1 aliphatic rings. The summed E-state index contributed by atoms with van der Waals surface area (Å²) in [4.78, 5) is 22.7. The van der Waals surface area contributed by atoms with Gasteiger partial charge in [-0.2, -0.15) is 0 Å². The molecule has 1 saturated heterocycles. The zero-order valence-corrected chi connectivity index (χ0v) is 6.69. The van der Waals surface area contributed by atoms with Crippen LogP contribution in [-0.4, -0.2) is 34.8 Å². The highest BCUT2D eigenvalue weighted by Gasteiger charge is 2.12. The molecule has 0 aromatic heterocycles. The zero-order valence-electron chi connectivity index (χ0n) is 6.69. The van der Waals surface area contributed by atoms with E-state index >= 15 is 0 Å². The van der Waals surface area contributed by atoms with Crippen LogP contribution in [0.25, 0.3) is 0 Å². The average Bonchev–Trinajstić information content (AvgIpc) is 2.03. The molecule has 66 valence electrons. The lowest BCUT2D eigenvalue weighted by atomic mass is 10.1. The van der Waals surface area contributed by atoms with Crippen molar-refractivity contribution < 1.29 is 14.7 Å². The number of piperidine rings is 1. The molecule has 0 amide bonds. The molecular formula is C8H11NO3. The molecule has 1 fully saturated rings. The molecule has 4 nitrogen and oxygen atoms in total. The van der Waals surface area contributed by atoms with Gasteiger partial charge in [0.25, 0.3) is 0 Å². The van der Waals surface area contributed by atoms with Gasteiger partial charge in [-0.3, -0.25) is 4.79 Å². The number of hydrogen-bond acceptors (Lipinski definition) is 3. The van der Waals surface area contributed by atoms with Crippen LogP contribution in [0, 0.1) is 0 Å². The minimum Gasteiger partial charge on any atom is -0.478 e. The third kappa shape index (κ3) is 2.74. The van der Waals surface area contributed by atoms with Crippen molar-refractivity contribution in [2.24, 2.45) is 0 Å². The van der Waals surface area contributed by atoms with Crippen molar-refractivity contribution in [1.82, 2.24) is 4.90 Å². The fourth-order valence-corrected chi connectivity index (χ4v) is 1.09. The number of carboxylic acid groups (broad SMARTS) is 1. The molecule has 4 heteroatoms. The van der Waals surface area contributed by atoms with Gasteiger partial charge in [0, 0.05) is 38.2 Å². The van der Waals surface area contributed by atoms with E-state index in [1.165, 1.54) is 6.20 Å². The van der Waals surface area contributed by atoms with Crippen LogP contribution < -0.4 is 0 Å². The van der Waals surface area contributed by atoms with Crippen molar-refractivity contribution in [1.29, 1.82) is 0 Å². The van der Waals surface area contributed by atoms with Crippen molar-refractivity contribution in [2.75, 3.05) is 13.1 Å². The van der Waals surface area contributed by atoms with E-state index in [-0.39, 0.29) is 5.78 Å². The Balaban J connectivity index is 2.35. The van der Waals surface area contributed by atoms with Crippen LogP contribution in [0.2, 0.25) is 0 Å². The van der Waals surface area contributed by atoms with Gasteiger partial charge in [0.1, 0.15) is 5.78 Å². The summed E-state index contributed by atoms with van der Waals surface area (Å²) in [6, 6.07) is 0. The number of nitrogens with zero attached hydrogens (tertiary/aromatic N) is 1. The number of hydrogen-bond donors (Lipinski definition) is 1. The Morgan fingerprint density at radius 2 is 2.00 bits per heavy atom. The van der Waals surface area contributed by atoms with Gasteiger partial charge in [0.2, 0.25) is 0 Å². The highest BCUT2D eigenvalue weighted by atomic mass is 16.4. The monoisotopic (exact) mass is 169 g/mol. The SMILES string of the molecule is O=C(O)/C=C/N1CCC(=O)CC1. The number of Topliss-reactive ketones (excluding diaryl/α,β-unsaturated/α-hetero) is 1. The quantitative estimate of drug-likeness (QED) is 0.602. The van der Waals surface area contributed by atoms with Gasteiger partial charge in [-0.1, -0.05) is 0 Å². The molecule has 0 unspecified atom stereocenters. The normalized spacial score (nSPS) is 18.7. The second-order valence-electron chi connectivity index (χ2n) is 2.73. The number of carbonyl (C=O) groups excluding carboxylic acids is 1. The summed E-state index contributed by atoms with van der Waals surface area (Å²) >= 11 is 0. The maximum absolute atomic E-state index is 10.8. The molecule has 0 saturated carbocycles. The van der Waals surface area contributed by atoms with Crippen LogP contribution in [0.3, 0.4) is 0 Å². The van der Waals surface area contributed by atoms with Crippen LogP contribution >= 0.6 is 0 Å². The van der Waals surface area contributed by atoms with Gasteiger partial charge in [-0.25, -0.2) is 4.79 Å². The molecule has 12 heavy (non-hydrogen) atoms. The van der Waals surface area contributed by atoms with Crippen LogP contribution in [0.5, 0.6) is 0 Å². The summed E-state index contributed by atoms with van der Waals surface area (Å²) in [6.45, 7) is 1.28. The Labute approximate surface area is 70.5 Å². The molecule has 1 aliphatic heterocycles. The average molecular weight is 169 g/mol. The summed E-state index contributed by atoms with van der Waals surface area (Å²) in [5, 5.41) is 8.32. The molecule has 0 radical (unpaired) electrons. The maximum Gasteiger partial charge on any atom is 0.329 e. The lowest BCUT2D eigenvalue weighted by Gasteiger charge is -2.23. The van der Waals surface area contributed by atoms with Crippen molar-refractivity contribution in [3.8, 4) is 0 Å². The Kier molecular flexibility index (Phi) is 2.85. The smallest absolute Gasteiger partial charge is 0.329 e. The molecule has 0 atom stereocenters. The molecule has 1 heterocycles. The summed E-state index contributed by atoms with van der Waals surface area (Å²) in [5.74, 6) is -0.693. The molecule has 1 N–H and O–H groups in total. The Morgan fingerprint density at radius 3 is 2.50 bits per heavy atom. The predicted octanol–water partition coefficient (Wildman–Crippen LogP) is 0.250. The molecule has 0 aliphatic carbocycles. The largest absolute Gasteiger partial charge is 0.478 e. The number of carbonyl (C=O) groups is 2. The summed E-state index contributed by atoms with van der Waals surface area (Å²) < 4.78 is 0. The minimum absolute atomic E-state index is 0.259. The van der Waals surface area contributed by atoms with Crippen LogP contribution in [0.1, 0.15) is 12.8 Å². The maximum atomic E-state index is 10.8. The number of carboxylic acids is 1. The van der Waals surface area contributed by atoms with Gasteiger partial charge in [0.15, 0.2) is 0 Å². The Hall–Kier alpha value is -1.32. The standard InChI is InChI=1S/C8H11NO3/c10-7-1-4-9(5-2-7)6-3-8(11)12/h3,6H,1-2,4-5H2,(H,11,12)/b6-3+. The summed E-state index contributed by atoms with van der Waals surface area (Å²) in [6.07, 6.45) is 3.68. The Bertz CT molecular complexity index is 212. The molecular weight excluding hydrogens is 158 g/mol. The number of ketones is 1. The fraction of sp³-hybridized carbons (Fsp3) is 0.500. The first kappa shape index (κ1) is 8.77. The van der Waals surface area contributed by atoms with E-state index in [4.69, 9.17) is 5.11 Å². The lowest BCUT2D eigenvalue weighted by molar-refractivity contribution is -0.131. The van der Waals surface area contributed by atoms with Gasteiger partial charge < -0.3 is 10.0 Å². The van der Waals surface area contributed by atoms with E-state index in [9.17, 15) is 9.59 Å². The van der Waals surface area contributed by atoms with Crippen LogP contribution in [0.15, 0.2) is 12.3 Å². The highest BCUT2D eigenvalue weighted by molar-refractivity contribution is 5.80. The third-order valence-electron chi connectivity index (χ3n) is 1.78. The molecule has 0 aromatic rings. The van der Waals surface area contributed by atoms with E-state index < -0.39 is 5.97 Å². The zero-order chi connectivity index (χ0) is 8.97. The molecule has 1 rings (SSSR count). The van der Waals surface area contributed by atoms with E-state index in [0.29, 0.717) is 25.9 Å². The number of aliphatic carboxylic acids is 1. The molecule has 0 aromatic carbocycles. The summed E-state index contributed by atoms with van der Waals surface area (Å²) in [7, 11) is 0. The molecule has 0 bridgehead atoms. The van der Waals surface area contributed by atoms with Gasteiger partial charge in [-0.15, -0.1) is 0 Å². The number of likely N-dealkylation sites (tertiary alicyclic amines) is 1.